The molecular formula is C13H18N4O2S2. The fourth-order valence-corrected chi connectivity index (χ4v) is 6.29. The summed E-state index contributed by atoms with van der Waals surface area (Å²) >= 11 is 1.55. The van der Waals surface area contributed by atoms with Crippen molar-refractivity contribution in [3.05, 3.63) is 10.8 Å². The monoisotopic (exact) mass is 326 g/mol. The second-order valence-corrected chi connectivity index (χ2v) is 9.47. The van der Waals surface area contributed by atoms with Gasteiger partial charge in [0.1, 0.15) is 5.01 Å². The molecule has 21 heavy (non-hydrogen) atoms. The molecule has 1 aliphatic heterocycles. The van der Waals surface area contributed by atoms with Crippen LogP contribution in [0.1, 0.15) is 48.9 Å². The molecule has 0 bridgehead atoms. The third-order valence-electron chi connectivity index (χ3n) is 4.57. The summed E-state index contributed by atoms with van der Waals surface area (Å²) in [5.41, 5.74) is 0. The first-order valence-electron chi connectivity index (χ1n) is 7.52. The zero-order valence-electron chi connectivity index (χ0n) is 11.7. The molecule has 0 amide bonds. The maximum absolute atomic E-state index is 11.5. The normalized spacial score (nSPS) is 26.0. The summed E-state index contributed by atoms with van der Waals surface area (Å²) in [6.45, 7) is 0. The highest BCUT2D eigenvalue weighted by Gasteiger charge is 2.29. The van der Waals surface area contributed by atoms with Crippen molar-refractivity contribution in [2.45, 2.75) is 44.4 Å². The van der Waals surface area contributed by atoms with Crippen molar-refractivity contribution >= 4 is 26.1 Å². The van der Waals surface area contributed by atoms with Gasteiger partial charge in [0.25, 0.3) is 0 Å². The van der Waals surface area contributed by atoms with Crippen LogP contribution in [0.25, 0.3) is 4.96 Å². The summed E-state index contributed by atoms with van der Waals surface area (Å²) < 4.78 is 25.0. The molecule has 114 valence electrons. The van der Waals surface area contributed by atoms with Gasteiger partial charge in [0.15, 0.2) is 15.7 Å². The van der Waals surface area contributed by atoms with Gasteiger partial charge < -0.3 is 0 Å². The molecule has 2 aromatic heterocycles. The van der Waals surface area contributed by atoms with Gasteiger partial charge in [0, 0.05) is 12.3 Å². The van der Waals surface area contributed by atoms with Crippen molar-refractivity contribution in [3.8, 4) is 0 Å². The molecule has 0 spiro atoms. The average Bonchev–Trinajstić information content (AvgIpc) is 3.13. The zero-order chi connectivity index (χ0) is 14.4. The molecule has 0 unspecified atom stereocenters. The Morgan fingerprint density at radius 1 is 1.19 bits per heavy atom. The smallest absolute Gasteiger partial charge is 0.229 e. The first-order chi connectivity index (χ1) is 10.1. The second-order valence-electron chi connectivity index (χ2n) is 6.20. The molecule has 0 N–H and O–H groups in total. The van der Waals surface area contributed by atoms with Crippen LogP contribution in [0.5, 0.6) is 0 Å². The van der Waals surface area contributed by atoms with Gasteiger partial charge in [-0.1, -0.05) is 24.2 Å². The molecule has 1 saturated carbocycles. The Balaban J connectivity index is 1.57. The van der Waals surface area contributed by atoms with Crippen LogP contribution >= 0.6 is 11.3 Å². The second kappa shape index (κ2) is 5.01. The summed E-state index contributed by atoms with van der Waals surface area (Å²) in [6.07, 6.45) is 6.38. The van der Waals surface area contributed by atoms with Crippen molar-refractivity contribution in [2.24, 2.45) is 5.92 Å². The molecule has 4 rings (SSSR count). The van der Waals surface area contributed by atoms with E-state index in [1.54, 1.807) is 11.3 Å². The van der Waals surface area contributed by atoms with Crippen LogP contribution in [0.2, 0.25) is 0 Å². The molecule has 2 aliphatic rings. The van der Waals surface area contributed by atoms with E-state index in [2.05, 4.69) is 15.3 Å². The first-order valence-corrected chi connectivity index (χ1v) is 10.2. The average molecular weight is 326 g/mol. The summed E-state index contributed by atoms with van der Waals surface area (Å²) in [5.74, 6) is 2.33. The molecule has 1 saturated heterocycles. The Kier molecular flexibility index (Phi) is 3.25. The Bertz CT molecular complexity index is 758. The number of hydrogen-bond donors (Lipinski definition) is 0. The van der Waals surface area contributed by atoms with E-state index >= 15 is 0 Å². The van der Waals surface area contributed by atoms with Gasteiger partial charge >= 0.3 is 0 Å². The molecule has 2 fully saturated rings. The number of sulfone groups is 1. The van der Waals surface area contributed by atoms with E-state index in [1.165, 1.54) is 25.7 Å². The number of aromatic nitrogens is 4. The van der Waals surface area contributed by atoms with Crippen molar-refractivity contribution in [1.82, 2.24) is 19.8 Å². The van der Waals surface area contributed by atoms with E-state index in [4.69, 9.17) is 0 Å². The maximum Gasteiger partial charge on any atom is 0.234 e. The maximum atomic E-state index is 11.5. The van der Waals surface area contributed by atoms with E-state index in [1.807, 2.05) is 4.52 Å². The molecule has 0 aromatic carbocycles. The lowest BCUT2D eigenvalue weighted by atomic mass is 10.1. The van der Waals surface area contributed by atoms with Crippen LogP contribution in [-0.4, -0.2) is 39.7 Å². The fourth-order valence-electron chi connectivity index (χ4n) is 3.47. The standard InChI is InChI=1S/C13H18N4O2S2/c18-21(19)6-5-9(8-21)7-11-16-17-12(10-3-1-2-4-10)14-15-13(17)20-11/h9-10H,1-8H2/t9-/m0/s1. The summed E-state index contributed by atoms with van der Waals surface area (Å²) in [5, 5.41) is 14.2. The fraction of sp³-hybridized carbons (Fsp3) is 0.769. The minimum atomic E-state index is -2.81. The van der Waals surface area contributed by atoms with Crippen molar-refractivity contribution in [2.75, 3.05) is 11.5 Å². The van der Waals surface area contributed by atoms with Crippen molar-refractivity contribution in [3.63, 3.8) is 0 Å². The van der Waals surface area contributed by atoms with Crippen LogP contribution in [0.15, 0.2) is 0 Å². The lowest BCUT2D eigenvalue weighted by Crippen LogP contribution is -2.08. The molecule has 2 aromatic rings. The molecule has 1 aliphatic carbocycles. The van der Waals surface area contributed by atoms with Gasteiger partial charge in [-0.15, -0.1) is 10.2 Å². The SMILES string of the molecule is O=S1(=O)CC[C@@H](Cc2nn3c(C4CCCC4)nnc3s2)C1. The number of hydrogen-bond acceptors (Lipinski definition) is 6. The Hall–Kier alpha value is -1.02. The largest absolute Gasteiger partial charge is 0.234 e. The van der Waals surface area contributed by atoms with Crippen molar-refractivity contribution < 1.29 is 8.42 Å². The number of rotatable bonds is 3. The molecular weight excluding hydrogens is 308 g/mol. The highest BCUT2D eigenvalue weighted by Crippen LogP contribution is 2.34. The third-order valence-corrected chi connectivity index (χ3v) is 7.33. The number of nitrogens with zero attached hydrogens (tertiary/aromatic N) is 4. The van der Waals surface area contributed by atoms with Gasteiger partial charge in [-0.3, -0.25) is 0 Å². The lowest BCUT2D eigenvalue weighted by molar-refractivity contribution is 0.574. The summed E-state index contributed by atoms with van der Waals surface area (Å²) in [7, 11) is -2.81. The molecule has 8 heteroatoms. The number of fused-ring (bicyclic) bond motifs is 1. The first kappa shape index (κ1) is 13.6. The summed E-state index contributed by atoms with van der Waals surface area (Å²) in [4.78, 5) is 0.841. The highest BCUT2D eigenvalue weighted by molar-refractivity contribution is 7.91. The van der Waals surface area contributed by atoms with Gasteiger partial charge in [0.2, 0.25) is 4.96 Å². The van der Waals surface area contributed by atoms with Gasteiger partial charge in [-0.2, -0.15) is 9.61 Å². The van der Waals surface area contributed by atoms with Crippen molar-refractivity contribution in [1.29, 1.82) is 0 Å². The Labute approximate surface area is 127 Å². The van der Waals surface area contributed by atoms with E-state index in [0.29, 0.717) is 17.4 Å². The van der Waals surface area contributed by atoms with E-state index in [9.17, 15) is 8.42 Å². The predicted octanol–water partition coefficient (Wildman–Crippen LogP) is 1.82. The van der Waals surface area contributed by atoms with Crippen LogP contribution in [-0.2, 0) is 16.3 Å². The van der Waals surface area contributed by atoms with Gasteiger partial charge in [-0.05, 0) is 25.2 Å². The zero-order valence-corrected chi connectivity index (χ0v) is 13.4. The molecule has 0 radical (unpaired) electrons. The third kappa shape index (κ3) is 2.59. The van der Waals surface area contributed by atoms with Crippen LogP contribution < -0.4 is 0 Å². The minimum Gasteiger partial charge on any atom is -0.229 e. The molecule has 1 atom stereocenters. The lowest BCUT2D eigenvalue weighted by Gasteiger charge is -2.04. The quantitative estimate of drug-likeness (QED) is 0.860. The minimum absolute atomic E-state index is 0.216. The summed E-state index contributed by atoms with van der Waals surface area (Å²) in [6, 6.07) is 0. The Morgan fingerprint density at radius 3 is 2.71 bits per heavy atom. The van der Waals surface area contributed by atoms with Crippen LogP contribution in [0.3, 0.4) is 0 Å². The van der Waals surface area contributed by atoms with Crippen LogP contribution in [0, 0.1) is 5.92 Å². The molecule has 6 nitrogen and oxygen atoms in total. The van der Waals surface area contributed by atoms with E-state index in [0.717, 1.165) is 28.6 Å². The van der Waals surface area contributed by atoms with Crippen LogP contribution in [0.4, 0.5) is 0 Å². The van der Waals surface area contributed by atoms with E-state index in [-0.39, 0.29) is 5.92 Å². The highest BCUT2D eigenvalue weighted by atomic mass is 32.2. The van der Waals surface area contributed by atoms with E-state index < -0.39 is 9.84 Å². The predicted molar refractivity (Wildman–Crippen MR) is 80.3 cm³/mol. The topological polar surface area (TPSA) is 77.2 Å². The Morgan fingerprint density at radius 2 is 2.00 bits per heavy atom. The van der Waals surface area contributed by atoms with Gasteiger partial charge in [-0.25, -0.2) is 8.42 Å². The van der Waals surface area contributed by atoms with Gasteiger partial charge in [0.05, 0.1) is 11.5 Å². The molecule has 3 heterocycles.